The van der Waals surface area contributed by atoms with Crippen LogP contribution in [0.1, 0.15) is 5.56 Å². The predicted octanol–water partition coefficient (Wildman–Crippen LogP) is 3.42. The Balaban J connectivity index is 1.94. The van der Waals surface area contributed by atoms with Crippen molar-refractivity contribution in [3.63, 3.8) is 0 Å². The lowest BCUT2D eigenvalue weighted by Crippen LogP contribution is -2.32. The zero-order valence-corrected chi connectivity index (χ0v) is 12.5. The van der Waals surface area contributed by atoms with Gasteiger partial charge >= 0.3 is 0 Å². The van der Waals surface area contributed by atoms with Gasteiger partial charge in [0, 0.05) is 23.0 Å². The van der Waals surface area contributed by atoms with Crippen molar-refractivity contribution in [3.05, 3.63) is 78.5 Å². The molecule has 0 spiro atoms. The normalized spacial score (nSPS) is 10.8. The van der Waals surface area contributed by atoms with Crippen molar-refractivity contribution in [2.24, 2.45) is 10.8 Å². The summed E-state index contributed by atoms with van der Waals surface area (Å²) < 4.78 is 0. The molecule has 0 fully saturated rings. The van der Waals surface area contributed by atoms with Crippen LogP contribution in [0.4, 0.5) is 5.69 Å². The molecule has 1 heterocycles. The molecule has 0 bridgehead atoms. The summed E-state index contributed by atoms with van der Waals surface area (Å²) in [5.41, 5.74) is 9.40. The van der Waals surface area contributed by atoms with E-state index in [1.54, 1.807) is 6.21 Å². The first kappa shape index (κ1) is 14.6. The molecule has 2 aromatic carbocycles. The van der Waals surface area contributed by atoms with Crippen LogP contribution in [-0.4, -0.2) is 17.2 Å². The van der Waals surface area contributed by atoms with Crippen LogP contribution >= 0.6 is 0 Å². The van der Waals surface area contributed by atoms with Gasteiger partial charge in [-0.3, -0.25) is 5.41 Å². The van der Waals surface area contributed by atoms with Gasteiger partial charge in [0.15, 0.2) is 0 Å². The number of rotatable bonds is 4. The molecule has 0 aliphatic rings. The SMILES string of the molecule is N=C(N)N(N=Cc1ccccc1-c1ccc[nH]1)c1ccccc1. The average molecular weight is 303 g/mol. The molecule has 3 rings (SSSR count). The molecular weight excluding hydrogens is 286 g/mol. The molecule has 0 saturated carbocycles. The molecule has 0 atom stereocenters. The van der Waals surface area contributed by atoms with E-state index in [1.807, 2.05) is 72.9 Å². The highest BCUT2D eigenvalue weighted by Crippen LogP contribution is 2.21. The lowest BCUT2D eigenvalue weighted by atomic mass is 10.1. The van der Waals surface area contributed by atoms with Gasteiger partial charge in [-0.25, -0.2) is 5.01 Å². The van der Waals surface area contributed by atoms with Crippen molar-refractivity contribution < 1.29 is 0 Å². The van der Waals surface area contributed by atoms with E-state index >= 15 is 0 Å². The number of hydrazone groups is 1. The van der Waals surface area contributed by atoms with Gasteiger partial charge in [-0.05, 0) is 24.3 Å². The number of aromatic amines is 1. The van der Waals surface area contributed by atoms with Gasteiger partial charge in [0.2, 0.25) is 5.96 Å². The number of para-hydroxylation sites is 1. The molecule has 5 nitrogen and oxygen atoms in total. The summed E-state index contributed by atoms with van der Waals surface area (Å²) in [6.07, 6.45) is 3.60. The summed E-state index contributed by atoms with van der Waals surface area (Å²) in [7, 11) is 0. The third kappa shape index (κ3) is 3.29. The Bertz CT molecular complexity index is 806. The van der Waals surface area contributed by atoms with E-state index in [0.29, 0.717) is 0 Å². The number of guanidine groups is 1. The molecule has 4 N–H and O–H groups in total. The fraction of sp³-hybridized carbons (Fsp3) is 0. The average Bonchev–Trinajstić information content (AvgIpc) is 3.10. The molecule has 5 heteroatoms. The van der Waals surface area contributed by atoms with Gasteiger partial charge < -0.3 is 10.7 Å². The van der Waals surface area contributed by atoms with Crippen molar-refractivity contribution in [2.45, 2.75) is 0 Å². The first-order chi connectivity index (χ1) is 11.3. The maximum absolute atomic E-state index is 7.73. The van der Waals surface area contributed by atoms with E-state index in [9.17, 15) is 0 Å². The number of benzene rings is 2. The topological polar surface area (TPSA) is 81.3 Å². The van der Waals surface area contributed by atoms with E-state index in [2.05, 4.69) is 10.1 Å². The summed E-state index contributed by atoms with van der Waals surface area (Å²) in [6, 6.07) is 21.3. The molecular formula is C18H17N5. The van der Waals surface area contributed by atoms with Crippen LogP contribution in [0, 0.1) is 5.41 Å². The second-order valence-electron chi connectivity index (χ2n) is 4.95. The smallest absolute Gasteiger partial charge is 0.214 e. The number of hydrogen-bond donors (Lipinski definition) is 3. The van der Waals surface area contributed by atoms with Crippen molar-refractivity contribution in [1.29, 1.82) is 5.41 Å². The summed E-state index contributed by atoms with van der Waals surface area (Å²) in [4.78, 5) is 3.19. The third-order valence-corrected chi connectivity index (χ3v) is 3.39. The Morgan fingerprint density at radius 3 is 2.43 bits per heavy atom. The van der Waals surface area contributed by atoms with E-state index in [-0.39, 0.29) is 5.96 Å². The van der Waals surface area contributed by atoms with Crippen LogP contribution < -0.4 is 10.7 Å². The summed E-state index contributed by atoms with van der Waals surface area (Å²) in [5.74, 6) is -0.134. The second-order valence-corrected chi connectivity index (χ2v) is 4.95. The van der Waals surface area contributed by atoms with Crippen molar-refractivity contribution >= 4 is 17.9 Å². The van der Waals surface area contributed by atoms with Gasteiger partial charge in [-0.2, -0.15) is 5.10 Å². The van der Waals surface area contributed by atoms with E-state index in [0.717, 1.165) is 22.5 Å². The van der Waals surface area contributed by atoms with Crippen LogP contribution in [0.2, 0.25) is 0 Å². The second kappa shape index (κ2) is 6.62. The molecule has 1 aromatic heterocycles. The van der Waals surface area contributed by atoms with Gasteiger partial charge in [-0.15, -0.1) is 0 Å². The zero-order valence-electron chi connectivity index (χ0n) is 12.5. The molecule has 0 aliphatic carbocycles. The standard InChI is InChI=1S/C18H17N5/c19-18(20)23(15-8-2-1-3-9-15)22-13-14-7-4-5-10-16(14)17-11-6-12-21-17/h1-13,21H,(H3,19,20). The molecule has 3 aromatic rings. The van der Waals surface area contributed by atoms with Crippen molar-refractivity contribution in [2.75, 3.05) is 5.01 Å². The highest BCUT2D eigenvalue weighted by atomic mass is 15.5. The minimum absolute atomic E-state index is 0.134. The van der Waals surface area contributed by atoms with Crippen molar-refractivity contribution in [3.8, 4) is 11.3 Å². The van der Waals surface area contributed by atoms with Crippen LogP contribution in [0.25, 0.3) is 11.3 Å². The fourth-order valence-electron chi connectivity index (χ4n) is 2.31. The Labute approximate surface area is 134 Å². The predicted molar refractivity (Wildman–Crippen MR) is 94.7 cm³/mol. The first-order valence-corrected chi connectivity index (χ1v) is 7.21. The van der Waals surface area contributed by atoms with E-state index in [4.69, 9.17) is 11.1 Å². The van der Waals surface area contributed by atoms with Crippen molar-refractivity contribution in [1.82, 2.24) is 4.98 Å². The summed E-state index contributed by atoms with van der Waals surface area (Å²) in [5, 5.41) is 13.5. The number of nitrogens with two attached hydrogens (primary N) is 1. The largest absolute Gasteiger partial charge is 0.368 e. The zero-order chi connectivity index (χ0) is 16.1. The Morgan fingerprint density at radius 1 is 1.00 bits per heavy atom. The lowest BCUT2D eigenvalue weighted by Gasteiger charge is -2.16. The van der Waals surface area contributed by atoms with Gasteiger partial charge in [0.25, 0.3) is 0 Å². The first-order valence-electron chi connectivity index (χ1n) is 7.21. The number of anilines is 1. The molecule has 114 valence electrons. The molecule has 0 radical (unpaired) electrons. The molecule has 23 heavy (non-hydrogen) atoms. The Kier molecular flexibility index (Phi) is 4.20. The summed E-state index contributed by atoms with van der Waals surface area (Å²) >= 11 is 0. The Hall–Kier alpha value is -3.34. The van der Waals surface area contributed by atoms with Gasteiger partial charge in [0.05, 0.1) is 11.9 Å². The number of H-pyrrole nitrogens is 1. The third-order valence-electron chi connectivity index (χ3n) is 3.39. The number of aromatic nitrogens is 1. The summed E-state index contributed by atoms with van der Waals surface area (Å²) in [6.45, 7) is 0. The maximum atomic E-state index is 7.73. The van der Waals surface area contributed by atoms with Crippen LogP contribution in [0.15, 0.2) is 78.0 Å². The minimum atomic E-state index is -0.134. The van der Waals surface area contributed by atoms with E-state index in [1.165, 1.54) is 5.01 Å². The molecule has 0 amide bonds. The van der Waals surface area contributed by atoms with Crippen LogP contribution in [0.5, 0.6) is 0 Å². The number of nitrogens with zero attached hydrogens (tertiary/aromatic N) is 2. The van der Waals surface area contributed by atoms with Crippen LogP contribution in [-0.2, 0) is 0 Å². The molecule has 0 saturated heterocycles. The number of hydrogen-bond acceptors (Lipinski definition) is 2. The Morgan fingerprint density at radius 2 is 1.74 bits per heavy atom. The van der Waals surface area contributed by atoms with E-state index < -0.39 is 0 Å². The highest BCUT2D eigenvalue weighted by Gasteiger charge is 2.08. The number of nitrogens with one attached hydrogen (secondary N) is 2. The maximum Gasteiger partial charge on any atom is 0.214 e. The molecule has 0 unspecified atom stereocenters. The quantitative estimate of drug-likeness (QED) is 0.392. The highest BCUT2D eigenvalue weighted by molar-refractivity contribution is 5.96. The van der Waals surface area contributed by atoms with Gasteiger partial charge in [0.1, 0.15) is 0 Å². The lowest BCUT2D eigenvalue weighted by molar-refractivity contribution is 1.10. The fourth-order valence-corrected chi connectivity index (χ4v) is 2.31. The molecule has 0 aliphatic heterocycles. The minimum Gasteiger partial charge on any atom is -0.368 e. The monoisotopic (exact) mass is 303 g/mol. The van der Waals surface area contributed by atoms with Crippen LogP contribution in [0.3, 0.4) is 0 Å². The van der Waals surface area contributed by atoms with Gasteiger partial charge in [-0.1, -0.05) is 42.5 Å².